The zero-order valence-corrected chi connectivity index (χ0v) is 13.2. The Morgan fingerprint density at radius 2 is 2.28 bits per heavy atom. The van der Waals surface area contributed by atoms with Gasteiger partial charge in [0, 0.05) is 22.4 Å². The van der Waals surface area contributed by atoms with E-state index in [4.69, 9.17) is 0 Å². The van der Waals surface area contributed by atoms with Crippen molar-refractivity contribution in [3.05, 3.63) is 11.1 Å². The summed E-state index contributed by atoms with van der Waals surface area (Å²) in [5.41, 5.74) is 1.02. The van der Waals surface area contributed by atoms with E-state index in [1.807, 2.05) is 18.7 Å². The largest absolute Gasteiger partial charge is 0.394 e. The van der Waals surface area contributed by atoms with Crippen molar-refractivity contribution >= 4 is 23.1 Å². The van der Waals surface area contributed by atoms with Gasteiger partial charge < -0.3 is 10.4 Å². The molecule has 0 aromatic carbocycles. The summed E-state index contributed by atoms with van der Waals surface area (Å²) < 4.78 is 1.15. The highest BCUT2D eigenvalue weighted by atomic mass is 32.2. The normalized spacial score (nSPS) is 14.7. The molecule has 1 heterocycles. The van der Waals surface area contributed by atoms with E-state index in [1.54, 1.807) is 11.3 Å². The van der Waals surface area contributed by atoms with E-state index in [2.05, 4.69) is 29.5 Å². The van der Waals surface area contributed by atoms with Crippen LogP contribution in [0.1, 0.15) is 38.8 Å². The molecule has 0 bridgehead atoms. The third-order valence-electron chi connectivity index (χ3n) is 3.15. The summed E-state index contributed by atoms with van der Waals surface area (Å²) in [6.45, 7) is 7.38. The number of aliphatic hydroxyl groups is 1. The number of aryl methyl sites for hydroxylation is 1. The van der Waals surface area contributed by atoms with Crippen LogP contribution in [0.15, 0.2) is 9.72 Å². The number of aliphatic hydroxyl groups excluding tert-OH is 1. The molecule has 1 rings (SSSR count). The van der Waals surface area contributed by atoms with E-state index in [0.29, 0.717) is 0 Å². The first kappa shape index (κ1) is 16.0. The van der Waals surface area contributed by atoms with Crippen LogP contribution in [0.3, 0.4) is 0 Å². The van der Waals surface area contributed by atoms with E-state index in [-0.39, 0.29) is 12.1 Å². The number of rotatable bonds is 9. The quantitative estimate of drug-likeness (QED) is 0.541. The lowest BCUT2D eigenvalue weighted by atomic mass is 9.91. The molecule has 2 N–H and O–H groups in total. The zero-order chi connectivity index (χ0) is 13.4. The van der Waals surface area contributed by atoms with Gasteiger partial charge in [-0.25, -0.2) is 4.98 Å². The maximum atomic E-state index is 9.55. The van der Waals surface area contributed by atoms with Crippen molar-refractivity contribution in [2.45, 2.75) is 49.9 Å². The van der Waals surface area contributed by atoms with Crippen LogP contribution in [-0.4, -0.2) is 34.5 Å². The van der Waals surface area contributed by atoms with Gasteiger partial charge in [-0.05, 0) is 32.7 Å². The first-order valence-corrected chi connectivity index (χ1v) is 8.43. The van der Waals surface area contributed by atoms with Gasteiger partial charge in [0.05, 0.1) is 6.61 Å². The second kappa shape index (κ2) is 8.15. The second-order valence-corrected chi connectivity index (χ2v) is 6.73. The molecule has 1 atom stereocenters. The molecule has 1 aromatic heterocycles. The fraction of sp³-hybridized carbons (Fsp3) is 0.769. The molecule has 3 nitrogen and oxygen atoms in total. The SMILES string of the molecule is CCNC(CC)(CO)CCCSc1nc(C)cs1. The fourth-order valence-corrected chi connectivity index (χ4v) is 3.84. The molecular weight excluding hydrogens is 264 g/mol. The van der Waals surface area contributed by atoms with Crippen molar-refractivity contribution in [3.63, 3.8) is 0 Å². The number of likely N-dealkylation sites (N-methyl/N-ethyl adjacent to an activating group) is 1. The average Bonchev–Trinajstić information content (AvgIpc) is 2.79. The number of thioether (sulfide) groups is 1. The van der Waals surface area contributed by atoms with Crippen molar-refractivity contribution in [2.24, 2.45) is 0 Å². The first-order valence-electron chi connectivity index (χ1n) is 6.56. The highest BCUT2D eigenvalue weighted by Gasteiger charge is 2.25. The Balaban J connectivity index is 2.30. The molecule has 0 saturated carbocycles. The minimum atomic E-state index is -0.0892. The van der Waals surface area contributed by atoms with Crippen molar-refractivity contribution in [1.29, 1.82) is 0 Å². The lowest BCUT2D eigenvalue weighted by Crippen LogP contribution is -2.48. The zero-order valence-electron chi connectivity index (χ0n) is 11.5. The van der Waals surface area contributed by atoms with E-state index in [0.717, 1.165) is 41.6 Å². The third-order valence-corrected chi connectivity index (χ3v) is 5.38. The molecule has 0 amide bonds. The van der Waals surface area contributed by atoms with Crippen LogP contribution in [0.4, 0.5) is 0 Å². The molecule has 0 fully saturated rings. The molecule has 5 heteroatoms. The van der Waals surface area contributed by atoms with Crippen LogP contribution in [-0.2, 0) is 0 Å². The van der Waals surface area contributed by atoms with Gasteiger partial charge in [-0.3, -0.25) is 0 Å². The fourth-order valence-electron chi connectivity index (χ4n) is 1.98. The maximum Gasteiger partial charge on any atom is 0.150 e. The maximum absolute atomic E-state index is 9.55. The smallest absolute Gasteiger partial charge is 0.150 e. The van der Waals surface area contributed by atoms with Crippen LogP contribution >= 0.6 is 23.1 Å². The molecule has 1 aromatic rings. The number of hydrogen-bond donors (Lipinski definition) is 2. The second-order valence-electron chi connectivity index (χ2n) is 4.53. The van der Waals surface area contributed by atoms with Gasteiger partial charge in [-0.2, -0.15) is 0 Å². The minimum Gasteiger partial charge on any atom is -0.394 e. The van der Waals surface area contributed by atoms with Crippen LogP contribution in [0.2, 0.25) is 0 Å². The van der Waals surface area contributed by atoms with Gasteiger partial charge in [0.25, 0.3) is 0 Å². The average molecular weight is 288 g/mol. The van der Waals surface area contributed by atoms with Crippen LogP contribution in [0, 0.1) is 6.92 Å². The minimum absolute atomic E-state index is 0.0892. The van der Waals surface area contributed by atoms with Crippen LogP contribution < -0.4 is 5.32 Å². The van der Waals surface area contributed by atoms with E-state index < -0.39 is 0 Å². The highest BCUT2D eigenvalue weighted by Crippen LogP contribution is 2.25. The van der Waals surface area contributed by atoms with Gasteiger partial charge in [-0.1, -0.05) is 25.6 Å². The predicted molar refractivity (Wildman–Crippen MR) is 80.6 cm³/mol. The molecule has 0 radical (unpaired) electrons. The summed E-state index contributed by atoms with van der Waals surface area (Å²) in [7, 11) is 0. The Kier molecular flexibility index (Phi) is 7.22. The Morgan fingerprint density at radius 3 is 2.78 bits per heavy atom. The van der Waals surface area contributed by atoms with Crippen molar-refractivity contribution < 1.29 is 5.11 Å². The van der Waals surface area contributed by atoms with Gasteiger partial charge in [0.2, 0.25) is 0 Å². The number of nitrogens with zero attached hydrogens (tertiary/aromatic N) is 1. The molecule has 0 aliphatic heterocycles. The number of aromatic nitrogens is 1. The first-order chi connectivity index (χ1) is 8.65. The lowest BCUT2D eigenvalue weighted by Gasteiger charge is -2.31. The van der Waals surface area contributed by atoms with Crippen LogP contribution in [0.5, 0.6) is 0 Å². The molecule has 0 spiro atoms. The predicted octanol–water partition coefficient (Wildman–Crippen LogP) is 3.07. The number of hydrogen-bond acceptors (Lipinski definition) is 5. The van der Waals surface area contributed by atoms with E-state index in [1.165, 1.54) is 0 Å². The summed E-state index contributed by atoms with van der Waals surface area (Å²) in [5, 5.41) is 15.1. The number of thiazole rings is 1. The summed E-state index contributed by atoms with van der Waals surface area (Å²) in [4.78, 5) is 4.44. The number of nitrogens with one attached hydrogen (secondary N) is 1. The van der Waals surface area contributed by atoms with Gasteiger partial charge in [-0.15, -0.1) is 11.3 Å². The summed E-state index contributed by atoms with van der Waals surface area (Å²) in [6.07, 6.45) is 3.09. The molecule has 104 valence electrons. The topological polar surface area (TPSA) is 45.1 Å². The van der Waals surface area contributed by atoms with Crippen molar-refractivity contribution in [1.82, 2.24) is 10.3 Å². The summed E-state index contributed by atoms with van der Waals surface area (Å²) in [5.74, 6) is 1.07. The molecular formula is C13H24N2OS2. The van der Waals surface area contributed by atoms with E-state index in [9.17, 15) is 5.11 Å². The Hall–Kier alpha value is -0.100. The van der Waals surface area contributed by atoms with Crippen molar-refractivity contribution in [3.8, 4) is 0 Å². The highest BCUT2D eigenvalue weighted by molar-refractivity contribution is 8.00. The molecule has 0 aliphatic rings. The molecule has 1 unspecified atom stereocenters. The molecule has 18 heavy (non-hydrogen) atoms. The van der Waals surface area contributed by atoms with Crippen molar-refractivity contribution in [2.75, 3.05) is 18.9 Å². The lowest BCUT2D eigenvalue weighted by molar-refractivity contribution is 0.148. The van der Waals surface area contributed by atoms with Gasteiger partial charge in [0.1, 0.15) is 4.34 Å². The Labute approximate surface area is 118 Å². The standard InChI is InChI=1S/C13H24N2OS2/c1-4-13(10-16,14-5-2)7-6-8-17-12-15-11(3)9-18-12/h9,14,16H,4-8,10H2,1-3H3. The Morgan fingerprint density at radius 1 is 1.50 bits per heavy atom. The van der Waals surface area contributed by atoms with E-state index >= 15 is 0 Å². The monoisotopic (exact) mass is 288 g/mol. The molecule has 0 saturated heterocycles. The Bertz CT molecular complexity index is 337. The third kappa shape index (κ3) is 4.88. The van der Waals surface area contributed by atoms with Gasteiger partial charge >= 0.3 is 0 Å². The van der Waals surface area contributed by atoms with Gasteiger partial charge in [0.15, 0.2) is 0 Å². The summed E-state index contributed by atoms with van der Waals surface area (Å²) in [6, 6.07) is 0. The summed E-state index contributed by atoms with van der Waals surface area (Å²) >= 11 is 3.54. The molecule has 0 aliphatic carbocycles. The van der Waals surface area contributed by atoms with Crippen LogP contribution in [0.25, 0.3) is 0 Å².